The molecule has 1 aliphatic rings. The van der Waals surface area contributed by atoms with E-state index in [0.717, 1.165) is 6.54 Å². The van der Waals surface area contributed by atoms with Crippen molar-refractivity contribution in [2.24, 2.45) is 0 Å². The first-order valence-electron chi connectivity index (χ1n) is 3.53. The zero-order chi connectivity index (χ0) is 6.91. The number of likely N-dealkylation sites (tertiary alicyclic amines) is 1. The molecule has 0 saturated carbocycles. The van der Waals surface area contributed by atoms with E-state index in [0.29, 0.717) is 0 Å². The van der Waals surface area contributed by atoms with Crippen LogP contribution < -0.4 is 0 Å². The molecule has 1 fully saturated rings. The van der Waals surface area contributed by atoms with E-state index >= 15 is 0 Å². The van der Waals surface area contributed by atoms with Crippen LogP contribution >= 0.6 is 0 Å². The molecule has 0 atom stereocenters. The highest BCUT2D eigenvalue weighted by Gasteiger charge is 2.21. The first-order valence-corrected chi connectivity index (χ1v) is 3.53. The molecule has 0 aromatic rings. The van der Waals surface area contributed by atoms with Gasteiger partial charge in [-0.2, -0.15) is 0 Å². The predicted molar refractivity (Wildman–Crippen MR) is 37.4 cm³/mol. The van der Waals surface area contributed by atoms with Crippen molar-refractivity contribution >= 4 is 0 Å². The molecule has 1 heterocycles. The van der Waals surface area contributed by atoms with E-state index in [2.05, 4.69) is 4.90 Å². The van der Waals surface area contributed by atoms with Crippen molar-refractivity contribution in [3.63, 3.8) is 0 Å². The van der Waals surface area contributed by atoms with Crippen molar-refractivity contribution in [1.29, 1.82) is 0 Å². The molecule has 0 aromatic carbocycles. The van der Waals surface area contributed by atoms with E-state index in [1.165, 1.54) is 19.5 Å². The molecule has 0 unspecified atom stereocenters. The normalized spacial score (nSPS) is 21.7. The molecule has 1 rings (SSSR count). The van der Waals surface area contributed by atoms with Gasteiger partial charge in [0.25, 0.3) is 0 Å². The Morgan fingerprint density at radius 3 is 2.11 bits per heavy atom. The van der Waals surface area contributed by atoms with Gasteiger partial charge in [-0.3, -0.25) is 0 Å². The van der Waals surface area contributed by atoms with Gasteiger partial charge in [-0.15, -0.1) is 0 Å². The SMILES string of the molecule is CC(C)(O)CN1CCC1. The summed E-state index contributed by atoms with van der Waals surface area (Å²) in [5.74, 6) is 0. The molecule has 54 valence electrons. The molecule has 0 aliphatic carbocycles. The summed E-state index contributed by atoms with van der Waals surface area (Å²) in [6.45, 7) is 6.87. The van der Waals surface area contributed by atoms with Gasteiger partial charge in [0, 0.05) is 6.54 Å². The van der Waals surface area contributed by atoms with Gasteiger partial charge in [-0.1, -0.05) is 0 Å². The molecule has 1 saturated heterocycles. The Morgan fingerprint density at radius 1 is 1.44 bits per heavy atom. The lowest BCUT2D eigenvalue weighted by Gasteiger charge is -2.35. The second kappa shape index (κ2) is 2.27. The molecular weight excluding hydrogens is 114 g/mol. The second-order valence-corrected chi connectivity index (χ2v) is 3.44. The Labute approximate surface area is 56.5 Å². The zero-order valence-electron chi connectivity index (χ0n) is 6.22. The summed E-state index contributed by atoms with van der Waals surface area (Å²) in [5, 5.41) is 9.31. The van der Waals surface area contributed by atoms with Crippen molar-refractivity contribution in [2.75, 3.05) is 19.6 Å². The number of nitrogens with zero attached hydrogens (tertiary/aromatic N) is 1. The van der Waals surface area contributed by atoms with Crippen LogP contribution in [0.25, 0.3) is 0 Å². The van der Waals surface area contributed by atoms with Crippen LogP contribution in [0.3, 0.4) is 0 Å². The third-order valence-electron chi connectivity index (χ3n) is 1.56. The average molecular weight is 129 g/mol. The van der Waals surface area contributed by atoms with E-state index in [9.17, 15) is 5.11 Å². The van der Waals surface area contributed by atoms with Crippen LogP contribution in [0.15, 0.2) is 0 Å². The Kier molecular flexibility index (Phi) is 1.78. The van der Waals surface area contributed by atoms with Crippen LogP contribution in [-0.4, -0.2) is 35.2 Å². The third-order valence-corrected chi connectivity index (χ3v) is 1.56. The van der Waals surface area contributed by atoms with E-state index < -0.39 is 5.60 Å². The summed E-state index contributed by atoms with van der Waals surface area (Å²) >= 11 is 0. The molecule has 1 N–H and O–H groups in total. The molecule has 0 amide bonds. The number of β-amino-alcohol motifs (C(OH)–C–C–N with tert-alkyl or cyclic N) is 1. The maximum atomic E-state index is 9.31. The standard InChI is InChI=1S/C7H15NO/c1-7(2,9)6-8-4-3-5-8/h9H,3-6H2,1-2H3. The monoisotopic (exact) mass is 129 g/mol. The van der Waals surface area contributed by atoms with Crippen molar-refractivity contribution in [3.8, 4) is 0 Å². The predicted octanol–water partition coefficient (Wildman–Crippen LogP) is 0.463. The summed E-state index contributed by atoms with van der Waals surface area (Å²) in [5.41, 5.74) is -0.500. The van der Waals surface area contributed by atoms with Crippen molar-refractivity contribution in [1.82, 2.24) is 4.90 Å². The summed E-state index contributed by atoms with van der Waals surface area (Å²) in [7, 11) is 0. The molecule has 0 bridgehead atoms. The van der Waals surface area contributed by atoms with E-state index in [-0.39, 0.29) is 0 Å². The summed E-state index contributed by atoms with van der Waals surface area (Å²) in [4.78, 5) is 2.26. The van der Waals surface area contributed by atoms with Gasteiger partial charge in [0.1, 0.15) is 0 Å². The number of hydrogen-bond donors (Lipinski definition) is 1. The summed E-state index contributed by atoms with van der Waals surface area (Å²) in [6.07, 6.45) is 1.30. The van der Waals surface area contributed by atoms with Crippen LogP contribution in [0.5, 0.6) is 0 Å². The summed E-state index contributed by atoms with van der Waals surface area (Å²) in [6, 6.07) is 0. The smallest absolute Gasteiger partial charge is 0.0718 e. The van der Waals surface area contributed by atoms with Gasteiger partial charge in [0.15, 0.2) is 0 Å². The van der Waals surface area contributed by atoms with Crippen LogP contribution in [0.1, 0.15) is 20.3 Å². The first-order chi connectivity index (χ1) is 4.08. The molecule has 2 heteroatoms. The summed E-state index contributed by atoms with van der Waals surface area (Å²) < 4.78 is 0. The lowest BCUT2D eigenvalue weighted by atomic mass is 10.1. The number of hydrogen-bond acceptors (Lipinski definition) is 2. The Morgan fingerprint density at radius 2 is 2.00 bits per heavy atom. The van der Waals surface area contributed by atoms with Gasteiger partial charge < -0.3 is 10.0 Å². The van der Waals surface area contributed by atoms with E-state index in [1.807, 2.05) is 13.8 Å². The number of rotatable bonds is 2. The van der Waals surface area contributed by atoms with Gasteiger partial charge in [0.05, 0.1) is 5.60 Å². The minimum Gasteiger partial charge on any atom is -0.389 e. The van der Waals surface area contributed by atoms with Crippen molar-refractivity contribution in [3.05, 3.63) is 0 Å². The van der Waals surface area contributed by atoms with Crippen LogP contribution in [0, 0.1) is 0 Å². The second-order valence-electron chi connectivity index (χ2n) is 3.44. The maximum absolute atomic E-state index is 9.31. The molecular formula is C7H15NO. The molecule has 1 aliphatic heterocycles. The Hall–Kier alpha value is -0.0800. The van der Waals surface area contributed by atoms with Crippen molar-refractivity contribution in [2.45, 2.75) is 25.9 Å². The van der Waals surface area contributed by atoms with Crippen LogP contribution in [0.4, 0.5) is 0 Å². The highest BCUT2D eigenvalue weighted by atomic mass is 16.3. The Balaban J connectivity index is 2.16. The fourth-order valence-corrected chi connectivity index (χ4v) is 1.09. The Bertz CT molecular complexity index is 91.6. The average Bonchev–Trinajstić information content (AvgIpc) is 1.53. The van der Waals surface area contributed by atoms with Crippen molar-refractivity contribution < 1.29 is 5.11 Å². The topological polar surface area (TPSA) is 23.5 Å². The van der Waals surface area contributed by atoms with Gasteiger partial charge in [-0.05, 0) is 33.4 Å². The molecule has 0 spiro atoms. The third kappa shape index (κ3) is 2.33. The van der Waals surface area contributed by atoms with E-state index in [4.69, 9.17) is 0 Å². The fourth-order valence-electron chi connectivity index (χ4n) is 1.09. The van der Waals surface area contributed by atoms with E-state index in [1.54, 1.807) is 0 Å². The largest absolute Gasteiger partial charge is 0.389 e. The highest BCUT2D eigenvalue weighted by molar-refractivity contribution is 4.76. The fraction of sp³-hybridized carbons (Fsp3) is 1.00. The van der Waals surface area contributed by atoms with Gasteiger partial charge in [0.2, 0.25) is 0 Å². The minimum atomic E-state index is -0.500. The first kappa shape index (κ1) is 7.03. The number of aliphatic hydroxyl groups is 1. The molecule has 9 heavy (non-hydrogen) atoms. The van der Waals surface area contributed by atoms with Crippen LogP contribution in [-0.2, 0) is 0 Å². The zero-order valence-corrected chi connectivity index (χ0v) is 6.22. The lowest BCUT2D eigenvalue weighted by molar-refractivity contribution is 0.0156. The highest BCUT2D eigenvalue weighted by Crippen LogP contribution is 2.11. The maximum Gasteiger partial charge on any atom is 0.0718 e. The molecule has 2 nitrogen and oxygen atoms in total. The minimum absolute atomic E-state index is 0.500. The molecule has 0 aromatic heterocycles. The lowest BCUT2D eigenvalue weighted by Crippen LogP contribution is -2.45. The van der Waals surface area contributed by atoms with Gasteiger partial charge in [-0.25, -0.2) is 0 Å². The van der Waals surface area contributed by atoms with Crippen LogP contribution in [0.2, 0.25) is 0 Å². The molecule has 0 radical (unpaired) electrons. The quantitative estimate of drug-likeness (QED) is 0.585. The van der Waals surface area contributed by atoms with Gasteiger partial charge >= 0.3 is 0 Å².